The molecule has 13 nitrogen and oxygen atoms in total. The standard InChI is InChI=1S/C18H24ClN5O8S2/c1-7(2)12(17(29)30)32-23-10(9-13(19)33-18(20)22-9)14(27)21-11-15(28)24(3)16(11)34(31)6-4-5-8(25)26/h7,11-12,16H,4-6H2,1-3H3,(H2,20,22)(H,21,27)(H,25,26)(H,29,30)/b23-10-/t11-,12?,16-,34?/m1/s1. The number of hydrogen-bond donors (Lipinski definition) is 4. The van der Waals surface area contributed by atoms with Gasteiger partial charge in [-0.1, -0.05) is 41.9 Å². The molecule has 16 heteroatoms. The van der Waals surface area contributed by atoms with Crippen LogP contribution in [0.15, 0.2) is 5.16 Å². The zero-order valence-electron chi connectivity index (χ0n) is 18.4. The van der Waals surface area contributed by atoms with Crippen molar-refractivity contribution in [3.8, 4) is 0 Å². The van der Waals surface area contributed by atoms with Crippen molar-refractivity contribution in [3.05, 3.63) is 10.0 Å². The van der Waals surface area contributed by atoms with E-state index in [-0.39, 0.29) is 33.8 Å². The molecule has 0 saturated carbocycles. The minimum absolute atomic E-state index is 0.00808. The lowest BCUT2D eigenvalue weighted by atomic mass is 10.1. The molecule has 4 atom stereocenters. The van der Waals surface area contributed by atoms with Gasteiger partial charge in [0.2, 0.25) is 11.5 Å². The number of carboxylic acids is 2. The molecule has 34 heavy (non-hydrogen) atoms. The number of aromatic nitrogens is 1. The Labute approximate surface area is 206 Å². The number of nitrogens with zero attached hydrogens (tertiary/aromatic N) is 3. The molecule has 2 heterocycles. The van der Waals surface area contributed by atoms with E-state index in [0.29, 0.717) is 0 Å². The molecule has 1 aliphatic rings. The molecular weight excluding hydrogens is 514 g/mol. The number of nitrogens with one attached hydrogen (secondary N) is 1. The molecule has 1 fully saturated rings. The third-order valence-corrected chi connectivity index (χ3v) is 7.62. The highest BCUT2D eigenvalue weighted by molar-refractivity contribution is 7.92. The fraction of sp³-hybridized carbons (Fsp3) is 0.556. The van der Waals surface area contributed by atoms with Crippen molar-refractivity contribution in [1.82, 2.24) is 15.2 Å². The third-order valence-electron chi connectivity index (χ3n) is 4.72. The first-order valence-electron chi connectivity index (χ1n) is 9.90. The van der Waals surface area contributed by atoms with Crippen LogP contribution in [-0.2, 0) is 35.2 Å². The largest absolute Gasteiger partial charge is 0.615 e. The zero-order valence-corrected chi connectivity index (χ0v) is 20.8. The van der Waals surface area contributed by atoms with Crippen molar-refractivity contribution in [2.75, 3.05) is 18.5 Å². The van der Waals surface area contributed by atoms with Gasteiger partial charge >= 0.3 is 11.9 Å². The summed E-state index contributed by atoms with van der Waals surface area (Å²) in [5.41, 5.74) is 4.95. The normalized spacial score (nSPS) is 20.0. The Hall–Kier alpha value is -2.62. The number of nitrogens with two attached hydrogens (primary N) is 1. The Kier molecular flexibility index (Phi) is 9.49. The predicted molar refractivity (Wildman–Crippen MR) is 124 cm³/mol. The Bertz CT molecular complexity index is 988. The van der Waals surface area contributed by atoms with Crippen LogP contribution in [0.4, 0.5) is 5.13 Å². The van der Waals surface area contributed by atoms with E-state index in [1.54, 1.807) is 13.8 Å². The molecule has 0 aliphatic carbocycles. The summed E-state index contributed by atoms with van der Waals surface area (Å²) in [7, 11) is 1.40. The number of carboxylic acid groups (broad SMARTS) is 2. The third kappa shape index (κ3) is 6.49. The summed E-state index contributed by atoms with van der Waals surface area (Å²) in [6.07, 6.45) is -1.45. The number of nitrogen functional groups attached to an aromatic ring is 1. The van der Waals surface area contributed by atoms with Crippen molar-refractivity contribution in [2.45, 2.75) is 44.2 Å². The van der Waals surface area contributed by atoms with E-state index in [1.807, 2.05) is 0 Å². The number of carbonyl (C=O) groups is 4. The van der Waals surface area contributed by atoms with Gasteiger partial charge in [0, 0.05) is 25.8 Å². The summed E-state index contributed by atoms with van der Waals surface area (Å²) in [6.45, 7) is 3.16. The molecule has 2 amide bonds. The van der Waals surface area contributed by atoms with Crippen LogP contribution in [0.25, 0.3) is 0 Å². The number of rotatable bonds is 12. The molecule has 2 unspecified atom stereocenters. The van der Waals surface area contributed by atoms with Crippen LogP contribution >= 0.6 is 22.9 Å². The first kappa shape index (κ1) is 27.6. The highest BCUT2D eigenvalue weighted by atomic mass is 35.5. The van der Waals surface area contributed by atoms with Gasteiger partial charge in [-0.25, -0.2) is 9.78 Å². The highest BCUT2D eigenvalue weighted by Gasteiger charge is 2.53. The second-order valence-corrected chi connectivity index (χ2v) is 10.9. The van der Waals surface area contributed by atoms with Crippen molar-refractivity contribution >= 4 is 68.7 Å². The average Bonchev–Trinajstić information content (AvgIpc) is 3.06. The number of β-lactam (4-membered cyclic amide) rings is 1. The zero-order chi connectivity index (χ0) is 25.7. The number of aliphatic carboxylic acids is 2. The van der Waals surface area contributed by atoms with E-state index >= 15 is 0 Å². The van der Waals surface area contributed by atoms with Gasteiger partial charge in [-0.15, -0.1) is 0 Å². The van der Waals surface area contributed by atoms with Crippen molar-refractivity contribution in [3.63, 3.8) is 0 Å². The number of anilines is 1. The molecule has 1 saturated heterocycles. The number of oxime groups is 1. The molecule has 5 N–H and O–H groups in total. The van der Waals surface area contributed by atoms with Gasteiger partial charge in [-0.2, -0.15) is 0 Å². The number of hydrogen-bond acceptors (Lipinski definition) is 10. The van der Waals surface area contributed by atoms with E-state index in [9.17, 15) is 28.8 Å². The van der Waals surface area contributed by atoms with Crippen LogP contribution < -0.4 is 11.1 Å². The lowest BCUT2D eigenvalue weighted by Crippen LogP contribution is -2.72. The topological polar surface area (TPSA) is 208 Å². The van der Waals surface area contributed by atoms with Crippen LogP contribution in [0, 0.1) is 5.92 Å². The number of halogens is 1. The van der Waals surface area contributed by atoms with Crippen LogP contribution in [0.3, 0.4) is 0 Å². The molecule has 1 aromatic heterocycles. The van der Waals surface area contributed by atoms with Crippen LogP contribution in [-0.4, -0.2) is 84.4 Å². The van der Waals surface area contributed by atoms with Gasteiger partial charge in [0.25, 0.3) is 11.8 Å². The second-order valence-electron chi connectivity index (χ2n) is 7.60. The molecular formula is C18H24ClN5O8S2. The molecule has 0 bridgehead atoms. The van der Waals surface area contributed by atoms with Gasteiger partial charge in [-0.05, 0) is 11.2 Å². The Morgan fingerprint density at radius 2 is 2.06 bits per heavy atom. The van der Waals surface area contributed by atoms with Crippen molar-refractivity contribution in [1.29, 1.82) is 0 Å². The summed E-state index contributed by atoms with van der Waals surface area (Å²) >= 11 is 5.29. The summed E-state index contributed by atoms with van der Waals surface area (Å²) in [5, 5.41) is 23.2. The first-order chi connectivity index (χ1) is 15.8. The van der Waals surface area contributed by atoms with Gasteiger partial charge in [0.05, 0.1) is 0 Å². The molecule has 0 radical (unpaired) electrons. The number of carbonyl (C=O) groups excluding carboxylic acids is 2. The van der Waals surface area contributed by atoms with E-state index in [1.165, 1.54) is 11.9 Å². The summed E-state index contributed by atoms with van der Waals surface area (Å²) in [4.78, 5) is 57.7. The van der Waals surface area contributed by atoms with Gasteiger partial charge < -0.3 is 30.7 Å². The Morgan fingerprint density at radius 3 is 2.56 bits per heavy atom. The van der Waals surface area contributed by atoms with Crippen molar-refractivity contribution < 1.29 is 38.8 Å². The fourth-order valence-electron chi connectivity index (χ4n) is 2.98. The fourth-order valence-corrected chi connectivity index (χ4v) is 5.53. The van der Waals surface area contributed by atoms with Crippen molar-refractivity contribution in [2.24, 2.45) is 11.1 Å². The van der Waals surface area contributed by atoms with E-state index < -0.39 is 64.1 Å². The minimum atomic E-state index is -1.65. The number of amides is 2. The monoisotopic (exact) mass is 537 g/mol. The highest BCUT2D eigenvalue weighted by Crippen LogP contribution is 2.28. The number of likely N-dealkylation sites (N-methyl/N-ethyl adjacent to an activating group) is 1. The Balaban J connectivity index is 2.26. The van der Waals surface area contributed by atoms with E-state index in [2.05, 4.69) is 15.5 Å². The summed E-state index contributed by atoms with van der Waals surface area (Å²) < 4.78 is 12.6. The average molecular weight is 538 g/mol. The smallest absolute Gasteiger partial charge is 0.348 e. The van der Waals surface area contributed by atoms with Gasteiger partial charge in [0.1, 0.15) is 15.8 Å². The maximum absolute atomic E-state index is 13.0. The second kappa shape index (κ2) is 11.7. The minimum Gasteiger partial charge on any atom is -0.615 e. The van der Waals surface area contributed by atoms with Gasteiger partial charge in [-0.3, -0.25) is 19.3 Å². The predicted octanol–water partition coefficient (Wildman–Crippen LogP) is 0.105. The van der Waals surface area contributed by atoms with Crippen LogP contribution in [0.5, 0.6) is 0 Å². The van der Waals surface area contributed by atoms with Crippen LogP contribution in [0.2, 0.25) is 4.34 Å². The SMILES string of the molecule is CC(C)C(O/N=C(\C(=O)N[C@@H]1C(=O)N(C)[C@@H]1[S+]([O-])CCCC(=O)O)c1nc(N)sc1Cl)C(=O)O. The molecule has 1 aromatic rings. The number of thiazole rings is 1. The molecule has 188 valence electrons. The summed E-state index contributed by atoms with van der Waals surface area (Å²) in [5.74, 6) is -4.34. The first-order valence-corrected chi connectivity index (χ1v) is 12.5. The number of likely N-dealkylation sites (tertiary alicyclic amines) is 1. The quantitative estimate of drug-likeness (QED) is 0.122. The summed E-state index contributed by atoms with van der Waals surface area (Å²) in [6, 6.07) is -1.19. The maximum Gasteiger partial charge on any atom is 0.348 e. The lowest BCUT2D eigenvalue weighted by molar-refractivity contribution is -0.153. The lowest BCUT2D eigenvalue weighted by Gasteiger charge is -2.44. The van der Waals surface area contributed by atoms with Crippen LogP contribution in [0.1, 0.15) is 32.4 Å². The molecule has 1 aliphatic heterocycles. The molecule has 0 spiro atoms. The molecule has 2 rings (SSSR count). The molecule has 0 aromatic carbocycles. The van der Waals surface area contributed by atoms with E-state index in [4.69, 9.17) is 27.3 Å². The Morgan fingerprint density at radius 1 is 1.41 bits per heavy atom. The van der Waals surface area contributed by atoms with Gasteiger partial charge in [0.15, 0.2) is 16.9 Å². The maximum atomic E-state index is 13.0. The van der Waals surface area contributed by atoms with E-state index in [0.717, 1.165) is 11.3 Å².